The fourth-order valence-corrected chi connectivity index (χ4v) is 1.66. The van der Waals surface area contributed by atoms with Crippen LogP contribution in [0.3, 0.4) is 0 Å². The summed E-state index contributed by atoms with van der Waals surface area (Å²) in [5.74, 6) is -0.499. The zero-order valence-electron chi connectivity index (χ0n) is 9.95. The van der Waals surface area contributed by atoms with Crippen molar-refractivity contribution >= 4 is 34.2 Å². The molecule has 1 amide bonds. The lowest BCUT2D eigenvalue weighted by molar-refractivity contribution is -0.348. The number of carbonyl (C=O) groups is 1. The second-order valence-corrected chi connectivity index (χ2v) is 4.68. The predicted octanol–water partition coefficient (Wildman–Crippen LogP) is 4.35. The van der Waals surface area contributed by atoms with Crippen LogP contribution >= 0.6 is 22.6 Å². The summed E-state index contributed by atoms with van der Waals surface area (Å²) in [6, 6.07) is 2.21. The standard InChI is InChI=1S/C11H7F7INO/c12-9(10(13,14)15,11(16,17)18)6-1-3-7(4-2-6)20-8(21)5-19/h1-4H,5H2,(H,20,21). The molecule has 0 aromatic heterocycles. The molecule has 1 aromatic carbocycles. The van der Waals surface area contributed by atoms with Gasteiger partial charge in [-0.25, -0.2) is 4.39 Å². The third kappa shape index (κ3) is 3.58. The van der Waals surface area contributed by atoms with Gasteiger partial charge in [0.25, 0.3) is 0 Å². The molecule has 21 heavy (non-hydrogen) atoms. The van der Waals surface area contributed by atoms with Crippen molar-refractivity contribution in [3.8, 4) is 0 Å². The summed E-state index contributed by atoms with van der Waals surface area (Å²) < 4.78 is 88.6. The van der Waals surface area contributed by atoms with Gasteiger partial charge < -0.3 is 5.32 Å². The molecule has 0 aliphatic heterocycles. The van der Waals surface area contributed by atoms with E-state index in [-0.39, 0.29) is 10.1 Å². The maximum absolute atomic E-state index is 13.7. The molecule has 0 radical (unpaired) electrons. The van der Waals surface area contributed by atoms with Crippen molar-refractivity contribution < 1.29 is 35.5 Å². The Morgan fingerprint density at radius 3 is 1.71 bits per heavy atom. The molecule has 0 spiro atoms. The highest BCUT2D eigenvalue weighted by Gasteiger charge is 2.73. The molecule has 2 nitrogen and oxygen atoms in total. The molecule has 0 fully saturated rings. The molecule has 1 aromatic rings. The molecule has 0 unspecified atom stereocenters. The van der Waals surface area contributed by atoms with E-state index in [1.807, 2.05) is 0 Å². The largest absolute Gasteiger partial charge is 0.435 e. The first-order valence-electron chi connectivity index (χ1n) is 5.22. The van der Waals surface area contributed by atoms with E-state index in [2.05, 4.69) is 5.32 Å². The number of rotatable bonds is 3. The van der Waals surface area contributed by atoms with Crippen LogP contribution in [0.2, 0.25) is 0 Å². The SMILES string of the molecule is O=C(CI)Nc1ccc(C(F)(C(F)(F)F)C(F)(F)F)cc1. The highest BCUT2D eigenvalue weighted by Crippen LogP contribution is 2.53. The average Bonchev–Trinajstić information content (AvgIpc) is 2.35. The van der Waals surface area contributed by atoms with Gasteiger partial charge in [-0.05, 0) is 12.1 Å². The molecule has 0 aliphatic carbocycles. The molecule has 0 heterocycles. The zero-order chi connectivity index (χ0) is 16.5. The van der Waals surface area contributed by atoms with E-state index in [0.717, 1.165) is 12.1 Å². The van der Waals surface area contributed by atoms with Crippen LogP contribution in [0.4, 0.5) is 36.4 Å². The quantitative estimate of drug-likeness (QED) is 0.432. The van der Waals surface area contributed by atoms with Gasteiger partial charge in [0, 0.05) is 11.3 Å². The lowest BCUT2D eigenvalue weighted by Gasteiger charge is -2.30. The van der Waals surface area contributed by atoms with Crippen LogP contribution in [0.5, 0.6) is 0 Å². The lowest BCUT2D eigenvalue weighted by Crippen LogP contribution is -2.50. The molecule has 0 bridgehead atoms. The minimum absolute atomic E-state index is 0.0351. The molecule has 0 atom stereocenters. The number of alkyl halides is 8. The number of nitrogens with one attached hydrogen (secondary N) is 1. The normalized spacial score (nSPS) is 13.1. The van der Waals surface area contributed by atoms with Crippen LogP contribution in [0.15, 0.2) is 24.3 Å². The third-order valence-corrected chi connectivity index (χ3v) is 3.16. The molecule has 1 N–H and O–H groups in total. The van der Waals surface area contributed by atoms with Gasteiger partial charge in [0.05, 0.1) is 4.43 Å². The minimum Gasteiger partial charge on any atom is -0.325 e. The van der Waals surface area contributed by atoms with Crippen molar-refractivity contribution in [2.24, 2.45) is 0 Å². The van der Waals surface area contributed by atoms with Crippen LogP contribution < -0.4 is 5.32 Å². The summed E-state index contributed by atoms with van der Waals surface area (Å²) in [7, 11) is 0. The number of halogens is 8. The predicted molar refractivity (Wildman–Crippen MR) is 68.9 cm³/mol. The Balaban J connectivity index is 3.21. The first-order chi connectivity index (χ1) is 9.43. The van der Waals surface area contributed by atoms with Crippen molar-refractivity contribution in [1.82, 2.24) is 0 Å². The smallest absolute Gasteiger partial charge is 0.325 e. The number of amides is 1. The molecular weight excluding hydrogens is 422 g/mol. The highest BCUT2D eigenvalue weighted by atomic mass is 127. The molecule has 0 saturated carbocycles. The molecule has 10 heteroatoms. The van der Waals surface area contributed by atoms with Gasteiger partial charge in [-0.3, -0.25) is 4.79 Å². The average molecular weight is 429 g/mol. The van der Waals surface area contributed by atoms with E-state index in [9.17, 15) is 35.5 Å². The molecular formula is C11H7F7INO. The fourth-order valence-electron chi connectivity index (χ4n) is 1.47. The first-order valence-corrected chi connectivity index (χ1v) is 6.74. The second-order valence-electron chi connectivity index (χ2n) is 3.91. The molecule has 1 rings (SSSR count). The summed E-state index contributed by atoms with van der Waals surface area (Å²) in [5, 5.41) is 2.22. The van der Waals surface area contributed by atoms with Gasteiger partial charge in [0.1, 0.15) is 0 Å². The zero-order valence-corrected chi connectivity index (χ0v) is 12.1. The number of benzene rings is 1. The van der Waals surface area contributed by atoms with E-state index in [0.29, 0.717) is 12.1 Å². The Bertz CT molecular complexity index is 495. The Hall–Kier alpha value is -1.07. The van der Waals surface area contributed by atoms with Crippen molar-refractivity contribution in [1.29, 1.82) is 0 Å². The fraction of sp³-hybridized carbons (Fsp3) is 0.364. The van der Waals surface area contributed by atoms with E-state index < -0.39 is 29.5 Å². The van der Waals surface area contributed by atoms with Gasteiger partial charge in [-0.2, -0.15) is 26.3 Å². The van der Waals surface area contributed by atoms with Crippen LogP contribution in [-0.2, 0) is 10.5 Å². The van der Waals surface area contributed by atoms with Gasteiger partial charge in [-0.1, -0.05) is 34.7 Å². The van der Waals surface area contributed by atoms with Gasteiger partial charge in [-0.15, -0.1) is 0 Å². The number of anilines is 1. The monoisotopic (exact) mass is 429 g/mol. The third-order valence-electron chi connectivity index (χ3n) is 2.47. The maximum atomic E-state index is 13.7. The van der Waals surface area contributed by atoms with E-state index in [4.69, 9.17) is 0 Å². The summed E-state index contributed by atoms with van der Waals surface area (Å²) >= 11 is 1.71. The van der Waals surface area contributed by atoms with E-state index >= 15 is 0 Å². The van der Waals surface area contributed by atoms with Crippen LogP contribution in [-0.4, -0.2) is 22.7 Å². The molecule has 0 saturated heterocycles. The second kappa shape index (κ2) is 5.97. The Morgan fingerprint density at radius 2 is 1.38 bits per heavy atom. The van der Waals surface area contributed by atoms with Crippen molar-refractivity contribution in [3.05, 3.63) is 29.8 Å². The Kier molecular flexibility index (Phi) is 5.11. The number of hydrogen-bond acceptors (Lipinski definition) is 1. The lowest BCUT2D eigenvalue weighted by atomic mass is 9.94. The maximum Gasteiger partial charge on any atom is 0.435 e. The van der Waals surface area contributed by atoms with Crippen LogP contribution in [0, 0.1) is 0 Å². The van der Waals surface area contributed by atoms with Crippen LogP contribution in [0.25, 0.3) is 0 Å². The number of hydrogen-bond donors (Lipinski definition) is 1. The first kappa shape index (κ1) is 18.0. The Labute approximate surface area is 127 Å². The van der Waals surface area contributed by atoms with Crippen LogP contribution in [0.1, 0.15) is 5.56 Å². The van der Waals surface area contributed by atoms with Crippen molar-refractivity contribution in [3.63, 3.8) is 0 Å². The van der Waals surface area contributed by atoms with Gasteiger partial charge in [0.2, 0.25) is 5.91 Å². The topological polar surface area (TPSA) is 29.1 Å². The van der Waals surface area contributed by atoms with Crippen molar-refractivity contribution in [2.45, 2.75) is 18.0 Å². The van der Waals surface area contributed by atoms with Gasteiger partial charge in [0.15, 0.2) is 0 Å². The highest BCUT2D eigenvalue weighted by molar-refractivity contribution is 14.1. The molecule has 118 valence electrons. The Morgan fingerprint density at radius 1 is 0.952 bits per heavy atom. The van der Waals surface area contributed by atoms with E-state index in [1.54, 1.807) is 22.6 Å². The van der Waals surface area contributed by atoms with E-state index in [1.165, 1.54) is 0 Å². The van der Waals surface area contributed by atoms with Crippen molar-refractivity contribution in [2.75, 3.05) is 9.74 Å². The summed E-state index contributed by atoms with van der Waals surface area (Å²) in [4.78, 5) is 11.0. The molecule has 0 aliphatic rings. The summed E-state index contributed by atoms with van der Waals surface area (Å²) in [6.07, 6.45) is -12.3. The van der Waals surface area contributed by atoms with Gasteiger partial charge >= 0.3 is 18.0 Å². The number of carbonyl (C=O) groups excluding carboxylic acids is 1. The summed E-state index contributed by atoms with van der Waals surface area (Å²) in [5.41, 5.74) is -7.10. The minimum atomic E-state index is -6.15. The summed E-state index contributed by atoms with van der Waals surface area (Å²) in [6.45, 7) is 0.